The third-order valence-corrected chi connectivity index (χ3v) is 2.68. The number of hydrazone groups is 1. The molecule has 1 aromatic rings. The molecule has 6 nitrogen and oxygen atoms in total. The number of anilines is 1. The van der Waals surface area contributed by atoms with Crippen molar-refractivity contribution in [2.45, 2.75) is 27.2 Å². The Hall–Kier alpha value is -2.37. The maximum atomic E-state index is 11.9. The smallest absolute Gasteiger partial charge is 0.242 e. The Morgan fingerprint density at radius 2 is 1.95 bits per heavy atom. The first-order valence-electron chi connectivity index (χ1n) is 6.70. The second-order valence-corrected chi connectivity index (χ2v) is 4.90. The lowest BCUT2D eigenvalue weighted by Crippen LogP contribution is -2.25. The number of nitrogens with one attached hydrogen (secondary N) is 2. The van der Waals surface area contributed by atoms with Crippen molar-refractivity contribution in [1.82, 2.24) is 5.43 Å². The molecule has 6 heteroatoms. The minimum Gasteiger partial charge on any atom is -0.495 e. The van der Waals surface area contributed by atoms with Crippen LogP contribution < -0.4 is 15.5 Å². The summed E-state index contributed by atoms with van der Waals surface area (Å²) < 4.78 is 5.15. The molecular formula is C15H21N3O3. The lowest BCUT2D eigenvalue weighted by molar-refractivity contribution is -0.124. The van der Waals surface area contributed by atoms with Crippen LogP contribution in [0.2, 0.25) is 0 Å². The van der Waals surface area contributed by atoms with E-state index in [2.05, 4.69) is 15.8 Å². The number of carbonyl (C=O) groups excluding carboxylic acids is 2. The van der Waals surface area contributed by atoms with E-state index < -0.39 is 0 Å². The van der Waals surface area contributed by atoms with Crippen molar-refractivity contribution in [3.63, 3.8) is 0 Å². The van der Waals surface area contributed by atoms with Gasteiger partial charge < -0.3 is 10.1 Å². The zero-order chi connectivity index (χ0) is 15.8. The number of rotatable bonds is 6. The third-order valence-electron chi connectivity index (χ3n) is 2.68. The van der Waals surface area contributed by atoms with E-state index in [9.17, 15) is 9.59 Å². The number of carbonyl (C=O) groups is 2. The van der Waals surface area contributed by atoms with E-state index in [1.807, 2.05) is 12.1 Å². The van der Waals surface area contributed by atoms with Gasteiger partial charge in [-0.1, -0.05) is 26.0 Å². The molecule has 0 aliphatic rings. The van der Waals surface area contributed by atoms with Gasteiger partial charge in [-0.25, -0.2) is 5.43 Å². The normalized spacial score (nSPS) is 11.2. The minimum absolute atomic E-state index is 0.0937. The summed E-state index contributed by atoms with van der Waals surface area (Å²) >= 11 is 0. The van der Waals surface area contributed by atoms with Crippen molar-refractivity contribution in [2.75, 3.05) is 12.4 Å². The molecular weight excluding hydrogens is 270 g/mol. The van der Waals surface area contributed by atoms with Crippen molar-refractivity contribution in [1.29, 1.82) is 0 Å². The largest absolute Gasteiger partial charge is 0.495 e. The van der Waals surface area contributed by atoms with Gasteiger partial charge in [0.05, 0.1) is 19.2 Å². The highest BCUT2D eigenvalue weighted by Crippen LogP contribution is 2.22. The molecule has 0 atom stereocenters. The van der Waals surface area contributed by atoms with E-state index in [1.165, 1.54) is 0 Å². The minimum atomic E-state index is -0.223. The van der Waals surface area contributed by atoms with Gasteiger partial charge in [0.1, 0.15) is 5.75 Å². The predicted octanol–water partition coefficient (Wildman–Crippen LogP) is 2.17. The molecule has 0 unspecified atom stereocenters. The standard InChI is InChI=1S/C15H21N3O3/c1-10(2)15(20)18-17-11(3)9-14(19)16-12-7-5-6-8-13(12)21-4/h5-8,10H,9H2,1-4H3,(H,16,19)(H,18,20)/b17-11-. The summed E-state index contributed by atoms with van der Waals surface area (Å²) in [6, 6.07) is 7.15. The molecule has 0 saturated heterocycles. The number of benzene rings is 1. The Labute approximate surface area is 124 Å². The fourth-order valence-electron chi connectivity index (χ4n) is 1.49. The molecule has 1 aromatic carbocycles. The van der Waals surface area contributed by atoms with Gasteiger partial charge in [0.15, 0.2) is 0 Å². The second kappa shape index (κ2) is 8.04. The van der Waals surface area contributed by atoms with E-state index >= 15 is 0 Å². The first-order valence-corrected chi connectivity index (χ1v) is 6.70. The molecule has 0 heterocycles. The lowest BCUT2D eigenvalue weighted by atomic mass is 10.2. The van der Waals surface area contributed by atoms with Gasteiger partial charge >= 0.3 is 0 Å². The molecule has 0 spiro atoms. The van der Waals surface area contributed by atoms with Crippen molar-refractivity contribution >= 4 is 23.2 Å². The van der Waals surface area contributed by atoms with Gasteiger partial charge in [-0.15, -0.1) is 0 Å². The highest BCUT2D eigenvalue weighted by Gasteiger charge is 2.09. The third kappa shape index (κ3) is 5.64. The van der Waals surface area contributed by atoms with Crippen molar-refractivity contribution in [2.24, 2.45) is 11.0 Å². The van der Waals surface area contributed by atoms with Crippen LogP contribution in [0.15, 0.2) is 29.4 Å². The zero-order valence-corrected chi connectivity index (χ0v) is 12.8. The van der Waals surface area contributed by atoms with Crippen LogP contribution in [-0.2, 0) is 9.59 Å². The van der Waals surface area contributed by atoms with Crippen LogP contribution in [0.5, 0.6) is 5.75 Å². The first-order chi connectivity index (χ1) is 9.93. The quantitative estimate of drug-likeness (QED) is 0.622. The number of nitrogens with zero attached hydrogens (tertiary/aromatic N) is 1. The maximum Gasteiger partial charge on any atom is 0.242 e. The van der Waals surface area contributed by atoms with Crippen LogP contribution in [0.25, 0.3) is 0 Å². The first kappa shape index (κ1) is 16.7. The number of amides is 2. The Balaban J connectivity index is 2.57. The topological polar surface area (TPSA) is 79.8 Å². The monoisotopic (exact) mass is 291 g/mol. The Bertz CT molecular complexity index is 539. The molecule has 0 saturated carbocycles. The Morgan fingerprint density at radius 3 is 2.57 bits per heavy atom. The Morgan fingerprint density at radius 1 is 1.29 bits per heavy atom. The SMILES string of the molecule is COc1ccccc1NC(=O)C/C(C)=N\NC(=O)C(C)C. The molecule has 0 radical (unpaired) electrons. The summed E-state index contributed by atoms with van der Waals surface area (Å²) in [6.07, 6.45) is 0.0937. The van der Waals surface area contributed by atoms with Gasteiger partial charge in [-0.05, 0) is 19.1 Å². The van der Waals surface area contributed by atoms with Gasteiger partial charge in [-0.2, -0.15) is 5.10 Å². The van der Waals surface area contributed by atoms with Crippen LogP contribution in [0.4, 0.5) is 5.69 Å². The molecule has 0 bridgehead atoms. The van der Waals surface area contributed by atoms with Crippen molar-refractivity contribution in [3.8, 4) is 5.75 Å². The fourth-order valence-corrected chi connectivity index (χ4v) is 1.49. The highest BCUT2D eigenvalue weighted by molar-refractivity contribution is 6.06. The number of hydrogen-bond acceptors (Lipinski definition) is 4. The molecule has 0 aliphatic carbocycles. The number of ether oxygens (including phenoxy) is 1. The van der Waals surface area contributed by atoms with Crippen molar-refractivity contribution < 1.29 is 14.3 Å². The van der Waals surface area contributed by atoms with Crippen LogP contribution in [0.1, 0.15) is 27.2 Å². The van der Waals surface area contributed by atoms with Crippen LogP contribution in [0, 0.1) is 5.92 Å². The van der Waals surface area contributed by atoms with Gasteiger partial charge in [0, 0.05) is 11.6 Å². The summed E-state index contributed by atoms with van der Waals surface area (Å²) in [6.45, 7) is 5.23. The second-order valence-electron chi connectivity index (χ2n) is 4.90. The number of methoxy groups -OCH3 is 1. The van der Waals surface area contributed by atoms with E-state index in [0.717, 1.165) is 0 Å². The highest BCUT2D eigenvalue weighted by atomic mass is 16.5. The summed E-state index contributed by atoms with van der Waals surface area (Å²) in [5, 5.41) is 6.64. The van der Waals surface area contributed by atoms with Gasteiger partial charge in [0.25, 0.3) is 0 Å². The molecule has 0 aliphatic heterocycles. The van der Waals surface area contributed by atoms with Gasteiger partial charge in [-0.3, -0.25) is 9.59 Å². The molecule has 0 fully saturated rings. The average molecular weight is 291 g/mol. The van der Waals surface area contributed by atoms with Crippen LogP contribution in [-0.4, -0.2) is 24.6 Å². The number of para-hydroxylation sites is 2. The van der Waals surface area contributed by atoms with E-state index in [1.54, 1.807) is 40.0 Å². The zero-order valence-electron chi connectivity index (χ0n) is 12.8. The van der Waals surface area contributed by atoms with E-state index in [0.29, 0.717) is 17.1 Å². The van der Waals surface area contributed by atoms with Crippen LogP contribution in [0.3, 0.4) is 0 Å². The summed E-state index contributed by atoms with van der Waals surface area (Å²) in [7, 11) is 1.54. The molecule has 114 valence electrons. The maximum absolute atomic E-state index is 11.9. The summed E-state index contributed by atoms with van der Waals surface area (Å²) in [5.74, 6) is 0.0385. The lowest BCUT2D eigenvalue weighted by Gasteiger charge is -2.09. The molecule has 21 heavy (non-hydrogen) atoms. The predicted molar refractivity (Wildman–Crippen MR) is 82.3 cm³/mol. The van der Waals surface area contributed by atoms with E-state index in [-0.39, 0.29) is 24.2 Å². The van der Waals surface area contributed by atoms with Gasteiger partial charge in [0.2, 0.25) is 11.8 Å². The van der Waals surface area contributed by atoms with E-state index in [4.69, 9.17) is 4.74 Å². The van der Waals surface area contributed by atoms with Crippen LogP contribution >= 0.6 is 0 Å². The molecule has 0 aromatic heterocycles. The fraction of sp³-hybridized carbons (Fsp3) is 0.400. The Kier molecular flexibility index (Phi) is 6.39. The summed E-state index contributed by atoms with van der Waals surface area (Å²) in [4.78, 5) is 23.3. The molecule has 2 amide bonds. The molecule has 2 N–H and O–H groups in total. The van der Waals surface area contributed by atoms with Crippen molar-refractivity contribution in [3.05, 3.63) is 24.3 Å². The number of hydrogen-bond donors (Lipinski definition) is 2. The summed E-state index contributed by atoms with van der Waals surface area (Å²) in [5.41, 5.74) is 3.54. The average Bonchev–Trinajstić information content (AvgIpc) is 2.45. The molecule has 1 rings (SSSR count).